The molecular formula is C23H23ClF2N2O6. The van der Waals surface area contributed by atoms with Crippen molar-refractivity contribution in [3.63, 3.8) is 0 Å². The van der Waals surface area contributed by atoms with Crippen LogP contribution < -0.4 is 14.8 Å². The molecule has 182 valence electrons. The number of carbonyl (C=O) groups is 3. The van der Waals surface area contributed by atoms with E-state index in [0.717, 1.165) is 19.2 Å². The van der Waals surface area contributed by atoms with Crippen LogP contribution in [0, 0.1) is 5.92 Å². The van der Waals surface area contributed by atoms with Crippen LogP contribution in [0.2, 0.25) is 5.02 Å². The van der Waals surface area contributed by atoms with Gasteiger partial charge in [-0.2, -0.15) is 8.78 Å². The van der Waals surface area contributed by atoms with Crippen LogP contribution in [0.15, 0.2) is 36.4 Å². The van der Waals surface area contributed by atoms with E-state index in [0.29, 0.717) is 30.0 Å². The van der Waals surface area contributed by atoms with E-state index in [1.165, 1.54) is 7.11 Å². The maximum Gasteiger partial charge on any atom is 0.387 e. The molecule has 2 amide bonds. The van der Waals surface area contributed by atoms with E-state index >= 15 is 0 Å². The highest BCUT2D eigenvalue weighted by Crippen LogP contribution is 2.35. The Morgan fingerprint density at radius 2 is 1.82 bits per heavy atom. The number of nitrogens with one attached hydrogen (secondary N) is 1. The summed E-state index contributed by atoms with van der Waals surface area (Å²) in [7, 11) is 2.37. The number of methoxy groups -OCH3 is 2. The summed E-state index contributed by atoms with van der Waals surface area (Å²) in [4.78, 5) is 39.7. The molecular weight excluding hydrogens is 474 g/mol. The van der Waals surface area contributed by atoms with Gasteiger partial charge >= 0.3 is 12.6 Å². The van der Waals surface area contributed by atoms with Crippen LogP contribution in [0.1, 0.15) is 33.6 Å². The normalized spacial score (nSPS) is 15.6. The minimum absolute atomic E-state index is 0.0746. The number of likely N-dealkylation sites (tertiary alicyclic amines) is 1. The number of rotatable bonds is 7. The Hall–Kier alpha value is -3.40. The van der Waals surface area contributed by atoms with Crippen molar-refractivity contribution >= 4 is 35.1 Å². The summed E-state index contributed by atoms with van der Waals surface area (Å²) < 4.78 is 39.9. The fourth-order valence-electron chi connectivity index (χ4n) is 3.68. The predicted molar refractivity (Wildman–Crippen MR) is 120 cm³/mol. The summed E-state index contributed by atoms with van der Waals surface area (Å²) in [6.45, 7) is -2.52. The number of nitrogens with zero attached hydrogens (tertiary/aromatic N) is 1. The lowest BCUT2D eigenvalue weighted by atomic mass is 9.96. The number of halogens is 3. The van der Waals surface area contributed by atoms with Gasteiger partial charge in [0.2, 0.25) is 5.91 Å². The second kappa shape index (κ2) is 11.1. The number of alkyl halides is 2. The van der Waals surface area contributed by atoms with Crippen molar-refractivity contribution in [3.8, 4) is 11.5 Å². The third kappa shape index (κ3) is 5.93. The van der Waals surface area contributed by atoms with Crippen molar-refractivity contribution in [2.45, 2.75) is 19.5 Å². The molecule has 1 unspecified atom stereocenters. The number of hydrogen-bond donors (Lipinski definition) is 1. The van der Waals surface area contributed by atoms with E-state index in [1.54, 1.807) is 29.2 Å². The summed E-state index contributed by atoms with van der Waals surface area (Å²) in [6, 6.07) is 8.67. The Morgan fingerprint density at radius 1 is 1.12 bits per heavy atom. The number of amides is 2. The SMILES string of the molecule is COC(=O)c1cc(OC)c(OC(F)F)cc1NC(=O)C1CCCN(C(=O)c2ccc(Cl)cc2)C1. The van der Waals surface area contributed by atoms with Crippen LogP contribution in [-0.4, -0.2) is 56.6 Å². The number of esters is 1. The minimum atomic E-state index is -3.15. The molecule has 1 heterocycles. The van der Waals surface area contributed by atoms with E-state index in [9.17, 15) is 23.2 Å². The third-order valence-corrected chi connectivity index (χ3v) is 5.61. The fraction of sp³-hybridized carbons (Fsp3) is 0.348. The Labute approximate surface area is 199 Å². The molecule has 8 nitrogen and oxygen atoms in total. The van der Waals surface area contributed by atoms with Gasteiger partial charge in [0.25, 0.3) is 5.91 Å². The van der Waals surface area contributed by atoms with Crippen LogP contribution in [-0.2, 0) is 9.53 Å². The average molecular weight is 497 g/mol. The van der Waals surface area contributed by atoms with Gasteiger partial charge in [0.05, 0.1) is 31.4 Å². The standard InChI is InChI=1S/C23H23ClF2N2O6/c1-32-18-10-16(22(31)33-2)17(11-19(18)34-23(25)26)27-20(29)14-4-3-9-28(12-14)21(30)13-5-7-15(24)8-6-13/h5-8,10-11,14,23H,3-4,9,12H2,1-2H3,(H,27,29). The first-order chi connectivity index (χ1) is 16.2. The van der Waals surface area contributed by atoms with Gasteiger partial charge in [0.15, 0.2) is 11.5 Å². The summed E-state index contributed by atoms with van der Waals surface area (Å²) in [5.41, 5.74) is 0.274. The smallest absolute Gasteiger partial charge is 0.387 e. The maximum atomic E-state index is 13.0. The molecule has 1 aliphatic heterocycles. The molecule has 0 spiro atoms. The van der Waals surface area contributed by atoms with E-state index < -0.39 is 24.4 Å². The van der Waals surface area contributed by atoms with E-state index in [1.807, 2.05) is 0 Å². The Balaban J connectivity index is 1.81. The highest BCUT2D eigenvalue weighted by atomic mass is 35.5. The molecule has 0 bridgehead atoms. The molecule has 0 aromatic heterocycles. The lowest BCUT2D eigenvalue weighted by Gasteiger charge is -2.32. The Morgan fingerprint density at radius 3 is 2.44 bits per heavy atom. The predicted octanol–water partition coefficient (Wildman–Crippen LogP) is 4.23. The van der Waals surface area contributed by atoms with Crippen molar-refractivity contribution in [3.05, 3.63) is 52.5 Å². The van der Waals surface area contributed by atoms with Gasteiger partial charge in [0.1, 0.15) is 0 Å². The van der Waals surface area contributed by atoms with Gasteiger partial charge in [-0.15, -0.1) is 0 Å². The topological polar surface area (TPSA) is 94.2 Å². The molecule has 0 saturated carbocycles. The number of benzene rings is 2. The van der Waals surface area contributed by atoms with Crippen LogP contribution in [0.4, 0.5) is 14.5 Å². The zero-order valence-corrected chi connectivity index (χ0v) is 19.2. The molecule has 1 saturated heterocycles. The van der Waals surface area contributed by atoms with Gasteiger partial charge in [-0.25, -0.2) is 4.79 Å². The summed E-state index contributed by atoms with van der Waals surface area (Å²) >= 11 is 5.88. The Bertz CT molecular complexity index is 1060. The zero-order chi connectivity index (χ0) is 24.8. The van der Waals surface area contributed by atoms with Gasteiger partial charge in [-0.3, -0.25) is 9.59 Å². The number of ether oxygens (including phenoxy) is 3. The van der Waals surface area contributed by atoms with Crippen LogP contribution in [0.25, 0.3) is 0 Å². The monoisotopic (exact) mass is 496 g/mol. The van der Waals surface area contributed by atoms with Gasteiger partial charge in [0, 0.05) is 35.8 Å². The highest BCUT2D eigenvalue weighted by molar-refractivity contribution is 6.30. The molecule has 1 N–H and O–H groups in total. The first-order valence-electron chi connectivity index (χ1n) is 10.3. The number of anilines is 1. The molecule has 0 radical (unpaired) electrons. The highest BCUT2D eigenvalue weighted by Gasteiger charge is 2.30. The van der Waals surface area contributed by atoms with Gasteiger partial charge in [-0.05, 0) is 37.1 Å². The van der Waals surface area contributed by atoms with Gasteiger partial charge in [-0.1, -0.05) is 11.6 Å². The van der Waals surface area contributed by atoms with E-state index in [-0.39, 0.29) is 35.2 Å². The van der Waals surface area contributed by atoms with Crippen LogP contribution >= 0.6 is 11.6 Å². The summed E-state index contributed by atoms with van der Waals surface area (Å²) in [5, 5.41) is 3.09. The Kier molecular flexibility index (Phi) is 8.27. The van der Waals surface area contributed by atoms with Crippen molar-refractivity contribution in [1.29, 1.82) is 0 Å². The molecule has 34 heavy (non-hydrogen) atoms. The molecule has 0 aliphatic carbocycles. The lowest BCUT2D eigenvalue weighted by Crippen LogP contribution is -2.43. The third-order valence-electron chi connectivity index (χ3n) is 5.35. The van der Waals surface area contributed by atoms with Crippen molar-refractivity contribution in [2.75, 3.05) is 32.6 Å². The largest absolute Gasteiger partial charge is 0.493 e. The number of hydrogen-bond acceptors (Lipinski definition) is 6. The number of piperidine rings is 1. The molecule has 3 rings (SSSR count). The lowest BCUT2D eigenvalue weighted by molar-refractivity contribution is -0.121. The summed E-state index contributed by atoms with van der Waals surface area (Å²) in [5.74, 6) is -2.59. The number of carbonyl (C=O) groups excluding carboxylic acids is 3. The van der Waals surface area contributed by atoms with Crippen molar-refractivity contribution in [2.24, 2.45) is 5.92 Å². The second-order valence-corrected chi connectivity index (χ2v) is 7.94. The molecule has 2 aromatic carbocycles. The average Bonchev–Trinajstić information content (AvgIpc) is 2.83. The molecule has 1 atom stereocenters. The van der Waals surface area contributed by atoms with Crippen molar-refractivity contribution < 1.29 is 37.4 Å². The van der Waals surface area contributed by atoms with Crippen LogP contribution in [0.5, 0.6) is 11.5 Å². The van der Waals surface area contributed by atoms with Gasteiger partial charge < -0.3 is 24.4 Å². The molecule has 1 aliphatic rings. The summed E-state index contributed by atoms with van der Waals surface area (Å²) in [6.07, 6.45) is 1.09. The minimum Gasteiger partial charge on any atom is -0.493 e. The fourth-order valence-corrected chi connectivity index (χ4v) is 3.80. The first-order valence-corrected chi connectivity index (χ1v) is 10.7. The molecule has 2 aromatic rings. The van der Waals surface area contributed by atoms with Crippen molar-refractivity contribution in [1.82, 2.24) is 4.90 Å². The molecule has 11 heteroatoms. The van der Waals surface area contributed by atoms with E-state index in [4.69, 9.17) is 21.1 Å². The second-order valence-electron chi connectivity index (χ2n) is 7.51. The zero-order valence-electron chi connectivity index (χ0n) is 18.5. The quantitative estimate of drug-likeness (QED) is 0.577. The van der Waals surface area contributed by atoms with E-state index in [2.05, 4.69) is 10.1 Å². The molecule has 1 fully saturated rings. The van der Waals surface area contributed by atoms with Crippen LogP contribution in [0.3, 0.4) is 0 Å². The maximum absolute atomic E-state index is 13.0. The first kappa shape index (κ1) is 25.2.